The van der Waals surface area contributed by atoms with E-state index in [0.717, 1.165) is 17.4 Å². The van der Waals surface area contributed by atoms with E-state index in [9.17, 15) is 21.2 Å². The third-order valence-electron chi connectivity index (χ3n) is 6.89. The predicted molar refractivity (Wildman–Crippen MR) is 164 cm³/mol. The van der Waals surface area contributed by atoms with Crippen molar-refractivity contribution in [3.63, 3.8) is 0 Å². The van der Waals surface area contributed by atoms with Gasteiger partial charge in [-0.2, -0.15) is 5.10 Å². The van der Waals surface area contributed by atoms with Crippen LogP contribution in [-0.4, -0.2) is 41.8 Å². The van der Waals surface area contributed by atoms with Gasteiger partial charge in [-0.3, -0.25) is 9.40 Å². The van der Waals surface area contributed by atoms with Crippen LogP contribution >= 0.6 is 0 Å². The Morgan fingerprint density at radius 3 is 2.30 bits per heavy atom. The molecule has 0 spiro atoms. The highest BCUT2D eigenvalue weighted by Crippen LogP contribution is 2.35. The molecular weight excluding hydrogens is 590 g/mol. The normalized spacial score (nSPS) is 12.1. The molecule has 0 aliphatic carbocycles. The summed E-state index contributed by atoms with van der Waals surface area (Å²) in [6.07, 6.45) is 7.62. The van der Waals surface area contributed by atoms with Gasteiger partial charge < -0.3 is 0 Å². The van der Waals surface area contributed by atoms with E-state index in [-0.39, 0.29) is 16.4 Å². The fraction of sp³-hybridized carbons (Fsp3) is 0.0968. The summed E-state index contributed by atoms with van der Waals surface area (Å²) in [5.41, 5.74) is 5.02. The van der Waals surface area contributed by atoms with Gasteiger partial charge in [-0.05, 0) is 60.5 Å². The largest absolute Gasteiger partial charge is 0.284 e. The first kappa shape index (κ1) is 28.3. The van der Waals surface area contributed by atoms with Crippen LogP contribution < -0.4 is 4.72 Å². The molecule has 1 N–H and O–H groups in total. The molecule has 12 heteroatoms. The Labute approximate surface area is 248 Å². The zero-order valence-corrected chi connectivity index (χ0v) is 24.8. The zero-order chi connectivity index (χ0) is 30.4. The summed E-state index contributed by atoms with van der Waals surface area (Å²) in [6, 6.07) is 21.4. The number of halogens is 1. The number of rotatable bonds is 8. The van der Waals surface area contributed by atoms with Crippen molar-refractivity contribution in [2.75, 3.05) is 11.0 Å². The summed E-state index contributed by atoms with van der Waals surface area (Å²) in [5, 5.41) is 5.03. The van der Waals surface area contributed by atoms with Gasteiger partial charge in [0, 0.05) is 46.4 Å². The third kappa shape index (κ3) is 5.92. The van der Waals surface area contributed by atoms with Gasteiger partial charge in [-0.1, -0.05) is 42.0 Å². The number of benzene rings is 3. The fourth-order valence-corrected chi connectivity index (χ4v) is 6.70. The Kier molecular flexibility index (Phi) is 7.10. The van der Waals surface area contributed by atoms with Crippen molar-refractivity contribution in [2.24, 2.45) is 0 Å². The molecule has 0 unspecified atom stereocenters. The molecule has 0 aliphatic rings. The Balaban J connectivity index is 1.48. The maximum absolute atomic E-state index is 13.8. The highest BCUT2D eigenvalue weighted by molar-refractivity contribution is 7.92. The van der Waals surface area contributed by atoms with Crippen molar-refractivity contribution in [2.45, 2.75) is 18.4 Å². The molecule has 3 aromatic heterocycles. The monoisotopic (exact) mass is 615 g/mol. The molecule has 0 amide bonds. The smallest absolute Gasteiger partial charge is 0.269 e. The van der Waals surface area contributed by atoms with Crippen LogP contribution in [-0.2, 0) is 26.6 Å². The van der Waals surface area contributed by atoms with E-state index in [1.807, 2.05) is 19.1 Å². The van der Waals surface area contributed by atoms with Crippen molar-refractivity contribution < 1.29 is 21.2 Å². The standard InChI is InChI=1S/C31H26FN5O4S2/c1-21-6-12-28(13-7-21)43(40,41)37-20-30(25-17-34-36(19-25)18-22-8-10-26(32)11-9-22)29-15-24(16-33-31(29)37)23-4-3-5-27(14-23)35-42(2,38)39/h3-17,19-20,35H,18H2,1-2H3. The Bertz CT molecular complexity index is 2190. The lowest BCUT2D eigenvalue weighted by Gasteiger charge is -2.09. The maximum Gasteiger partial charge on any atom is 0.269 e. The third-order valence-corrected chi connectivity index (χ3v) is 9.16. The van der Waals surface area contributed by atoms with Crippen molar-refractivity contribution in [1.29, 1.82) is 0 Å². The van der Waals surface area contributed by atoms with Crippen LogP contribution in [0, 0.1) is 12.7 Å². The SMILES string of the molecule is Cc1ccc(S(=O)(=O)n2cc(-c3cnn(Cc4ccc(F)cc4)c3)c3cc(-c4cccc(NS(C)(=O)=O)c4)cnc32)cc1. The molecule has 0 bridgehead atoms. The van der Waals surface area contributed by atoms with Gasteiger partial charge in [0.1, 0.15) is 5.82 Å². The van der Waals surface area contributed by atoms with Crippen LogP contribution in [0.2, 0.25) is 0 Å². The Morgan fingerprint density at radius 1 is 0.837 bits per heavy atom. The second-order valence-corrected chi connectivity index (χ2v) is 13.8. The number of pyridine rings is 1. The molecule has 3 heterocycles. The molecule has 0 aliphatic heterocycles. The summed E-state index contributed by atoms with van der Waals surface area (Å²) in [5.74, 6) is -0.326. The van der Waals surface area contributed by atoms with E-state index in [4.69, 9.17) is 0 Å². The molecule has 0 fully saturated rings. The molecule has 6 aromatic rings. The van der Waals surface area contributed by atoms with Gasteiger partial charge >= 0.3 is 0 Å². The minimum absolute atomic E-state index is 0.124. The highest BCUT2D eigenvalue weighted by Gasteiger charge is 2.24. The van der Waals surface area contributed by atoms with Crippen LogP contribution in [0.5, 0.6) is 0 Å². The molecule has 6 rings (SSSR count). The van der Waals surface area contributed by atoms with Gasteiger partial charge in [0.15, 0.2) is 5.65 Å². The van der Waals surface area contributed by atoms with Gasteiger partial charge in [-0.25, -0.2) is 30.2 Å². The topological polar surface area (TPSA) is 116 Å². The predicted octanol–water partition coefficient (Wildman–Crippen LogP) is 5.67. The summed E-state index contributed by atoms with van der Waals surface area (Å²) >= 11 is 0. The molecule has 0 atom stereocenters. The molecule has 3 aromatic carbocycles. The van der Waals surface area contributed by atoms with Crippen LogP contribution in [0.4, 0.5) is 10.1 Å². The number of aryl methyl sites for hydroxylation is 1. The Hall–Kier alpha value is -4.81. The zero-order valence-electron chi connectivity index (χ0n) is 23.1. The summed E-state index contributed by atoms with van der Waals surface area (Å²) < 4.78 is 69.9. The average molecular weight is 616 g/mol. The molecular formula is C31H26FN5O4S2. The second-order valence-electron chi connectivity index (χ2n) is 10.3. The van der Waals surface area contributed by atoms with Crippen LogP contribution in [0.1, 0.15) is 11.1 Å². The lowest BCUT2D eigenvalue weighted by Crippen LogP contribution is -2.12. The van der Waals surface area contributed by atoms with E-state index in [1.54, 1.807) is 77.9 Å². The highest BCUT2D eigenvalue weighted by atomic mass is 32.2. The summed E-state index contributed by atoms with van der Waals surface area (Å²) in [7, 11) is -7.49. The van der Waals surface area contributed by atoms with Crippen molar-refractivity contribution in [3.05, 3.63) is 121 Å². The number of anilines is 1. The second kappa shape index (κ2) is 10.8. The number of aromatic nitrogens is 4. The summed E-state index contributed by atoms with van der Waals surface area (Å²) in [4.78, 5) is 4.71. The van der Waals surface area contributed by atoms with E-state index in [1.165, 1.54) is 22.3 Å². The van der Waals surface area contributed by atoms with Crippen molar-refractivity contribution >= 4 is 36.8 Å². The van der Waals surface area contributed by atoms with E-state index >= 15 is 0 Å². The lowest BCUT2D eigenvalue weighted by atomic mass is 10.0. The van der Waals surface area contributed by atoms with E-state index in [0.29, 0.717) is 39.9 Å². The summed E-state index contributed by atoms with van der Waals surface area (Å²) in [6.45, 7) is 2.27. The number of nitrogens with zero attached hydrogens (tertiary/aromatic N) is 4. The number of hydrogen-bond donors (Lipinski definition) is 1. The Morgan fingerprint density at radius 2 is 1.58 bits per heavy atom. The van der Waals surface area contributed by atoms with Crippen LogP contribution in [0.15, 0.2) is 109 Å². The number of fused-ring (bicyclic) bond motifs is 1. The molecule has 0 saturated heterocycles. The molecule has 9 nitrogen and oxygen atoms in total. The first-order chi connectivity index (χ1) is 20.5. The average Bonchev–Trinajstić information content (AvgIpc) is 3.58. The van der Waals surface area contributed by atoms with Crippen molar-refractivity contribution in [3.8, 4) is 22.3 Å². The molecule has 43 heavy (non-hydrogen) atoms. The van der Waals surface area contributed by atoms with Crippen LogP contribution in [0.3, 0.4) is 0 Å². The van der Waals surface area contributed by atoms with E-state index < -0.39 is 20.0 Å². The van der Waals surface area contributed by atoms with Gasteiger partial charge in [0.25, 0.3) is 10.0 Å². The minimum atomic E-state index is -4.01. The first-order valence-electron chi connectivity index (χ1n) is 13.2. The van der Waals surface area contributed by atoms with Gasteiger partial charge in [0.05, 0.1) is 23.9 Å². The van der Waals surface area contributed by atoms with Crippen molar-refractivity contribution in [1.82, 2.24) is 18.7 Å². The maximum atomic E-state index is 13.8. The van der Waals surface area contributed by atoms with Gasteiger partial charge in [-0.15, -0.1) is 0 Å². The van der Waals surface area contributed by atoms with Gasteiger partial charge in [0.2, 0.25) is 10.0 Å². The first-order valence-corrected chi connectivity index (χ1v) is 16.5. The quantitative estimate of drug-likeness (QED) is 0.236. The van der Waals surface area contributed by atoms with Crippen LogP contribution in [0.25, 0.3) is 33.3 Å². The number of sulfonamides is 1. The minimum Gasteiger partial charge on any atom is -0.284 e. The van der Waals surface area contributed by atoms with E-state index in [2.05, 4.69) is 14.8 Å². The molecule has 218 valence electrons. The molecule has 0 saturated carbocycles. The fourth-order valence-electron chi connectivity index (χ4n) is 4.82. The lowest BCUT2D eigenvalue weighted by molar-refractivity contribution is 0.588. The number of hydrogen-bond acceptors (Lipinski definition) is 6. The molecule has 0 radical (unpaired) electrons. The number of nitrogens with one attached hydrogen (secondary N) is 1.